The minimum absolute atomic E-state index is 0.191. The fourth-order valence-electron chi connectivity index (χ4n) is 5.73. The molecule has 4 heteroatoms. The quantitative estimate of drug-likeness (QED) is 0.243. The normalized spacial score (nSPS) is 25.8. The average Bonchev–Trinajstić information content (AvgIpc) is 2.81. The number of benzene rings is 2. The molecule has 0 amide bonds. The molecular formula is C32H46ClNORu-. The second-order valence-corrected chi connectivity index (χ2v) is 13.9. The third-order valence-corrected chi connectivity index (χ3v) is 9.28. The Balaban J connectivity index is 0.000000236. The molecule has 3 atom stereocenters. The zero-order valence-corrected chi connectivity index (χ0v) is 26.2. The Hall–Kier alpha value is -1.18. The maximum atomic E-state index is 5.72. The minimum atomic E-state index is -0.191. The second-order valence-electron chi connectivity index (χ2n) is 12.1. The second kappa shape index (κ2) is 12.1. The van der Waals surface area contributed by atoms with Gasteiger partial charge in [0.05, 0.1) is 0 Å². The molecule has 5 rings (SSSR count). The number of anilines is 1. The van der Waals surface area contributed by atoms with Crippen molar-refractivity contribution in [1.82, 2.24) is 0 Å². The van der Waals surface area contributed by atoms with Gasteiger partial charge in [-0.2, -0.15) is 0 Å². The standard InChI is InChI=1S/C22H34N.C10H12O.ClH.Ru/c1-15(2)18-9-8-10-19(16(3)4)20(18)23-14-21(6)11-12-22(23,7)13-17(21)5;1-8(2)11-10-7-5-4-6-9(10)3;;/h8-10,14-17H,11-13H2,1-7H3;3-8H,1-2H3;1H;/q-1;;;+1/p-1/t17-,21?,22?;;;/m1.../s1. The Kier molecular flexibility index (Phi) is 9.89. The van der Waals surface area contributed by atoms with E-state index in [1.807, 2.05) is 42.7 Å². The molecule has 2 aromatic carbocycles. The smallest absolute Gasteiger partial charge is 0.0145 e. The molecule has 3 fully saturated rings. The molecule has 0 aromatic heterocycles. The van der Waals surface area contributed by atoms with Gasteiger partial charge in [0.25, 0.3) is 0 Å². The van der Waals surface area contributed by atoms with E-state index >= 15 is 0 Å². The molecule has 2 aliphatic heterocycles. The van der Waals surface area contributed by atoms with Crippen LogP contribution in [-0.4, -0.2) is 16.3 Å². The van der Waals surface area contributed by atoms with Crippen LogP contribution in [0, 0.1) is 17.9 Å². The zero-order valence-electron chi connectivity index (χ0n) is 23.7. The molecule has 3 aliphatic rings. The van der Waals surface area contributed by atoms with Crippen molar-refractivity contribution in [3.8, 4) is 5.75 Å². The van der Waals surface area contributed by atoms with E-state index in [1.165, 1.54) is 36.1 Å². The van der Waals surface area contributed by atoms with E-state index in [2.05, 4.69) is 78.1 Å². The first kappa shape index (κ1) is 29.4. The first-order chi connectivity index (χ1) is 16.9. The maximum Gasteiger partial charge on any atom is 0.0145 e. The van der Waals surface area contributed by atoms with Gasteiger partial charge in [-0.05, 0) is 42.7 Å². The Bertz CT molecular complexity index is 1020. The van der Waals surface area contributed by atoms with E-state index < -0.39 is 0 Å². The largest absolute Gasteiger partial charge is 0.517 e. The van der Waals surface area contributed by atoms with Crippen LogP contribution < -0.4 is 9.64 Å². The molecule has 36 heavy (non-hydrogen) atoms. The summed E-state index contributed by atoms with van der Waals surface area (Å²) in [6.07, 6.45) is 4.17. The summed E-state index contributed by atoms with van der Waals surface area (Å²) in [6.45, 7) is 23.4. The predicted molar refractivity (Wildman–Crippen MR) is 154 cm³/mol. The van der Waals surface area contributed by atoms with Gasteiger partial charge in [-0.1, -0.05) is 72.1 Å². The topological polar surface area (TPSA) is 12.5 Å². The number of ether oxygens (including phenoxy) is 1. The van der Waals surface area contributed by atoms with Crippen molar-refractivity contribution >= 4 is 20.0 Å². The maximum absolute atomic E-state index is 5.72. The third kappa shape index (κ3) is 6.44. The van der Waals surface area contributed by atoms with Crippen LogP contribution in [0.3, 0.4) is 0 Å². The van der Waals surface area contributed by atoms with Crippen molar-refractivity contribution in [3.63, 3.8) is 0 Å². The van der Waals surface area contributed by atoms with Crippen LogP contribution in [-0.2, 0) is 15.7 Å². The van der Waals surface area contributed by atoms with Crippen molar-refractivity contribution in [2.45, 2.75) is 105 Å². The Labute approximate surface area is 232 Å². The van der Waals surface area contributed by atoms with Crippen molar-refractivity contribution < 1.29 is 20.4 Å². The van der Waals surface area contributed by atoms with Gasteiger partial charge >= 0.3 is 90.3 Å². The van der Waals surface area contributed by atoms with Crippen LogP contribution in [0.5, 0.6) is 5.75 Å². The van der Waals surface area contributed by atoms with Gasteiger partial charge in [-0.15, -0.1) is 5.41 Å². The van der Waals surface area contributed by atoms with E-state index in [-0.39, 0.29) is 27.3 Å². The number of fused-ring (bicyclic) bond motifs is 3. The Morgan fingerprint density at radius 2 is 1.58 bits per heavy atom. The number of para-hydroxylation sites is 2. The number of hydrogen-bond acceptors (Lipinski definition) is 2. The fraction of sp³-hybridized carbons (Fsp3) is 0.562. The molecule has 2 nitrogen and oxygen atoms in total. The van der Waals surface area contributed by atoms with E-state index in [0.29, 0.717) is 17.3 Å². The van der Waals surface area contributed by atoms with Crippen molar-refractivity contribution in [3.05, 3.63) is 65.7 Å². The molecule has 0 radical (unpaired) electrons. The monoisotopic (exact) mass is 597 g/mol. The van der Waals surface area contributed by atoms with Crippen LogP contribution in [0.25, 0.3) is 0 Å². The van der Waals surface area contributed by atoms with E-state index in [1.54, 1.807) is 0 Å². The van der Waals surface area contributed by atoms with E-state index in [4.69, 9.17) is 14.4 Å². The summed E-state index contributed by atoms with van der Waals surface area (Å²) in [4.78, 5) is 2.70. The molecular weight excluding hydrogens is 551 g/mol. The molecule has 1 aliphatic carbocycles. The van der Waals surface area contributed by atoms with Crippen molar-refractivity contribution in [2.75, 3.05) is 4.90 Å². The van der Waals surface area contributed by atoms with Crippen LogP contribution in [0.1, 0.15) is 110 Å². The minimum Gasteiger partial charge on any atom is -0.517 e. The van der Waals surface area contributed by atoms with Crippen LogP contribution in [0.2, 0.25) is 0 Å². The summed E-state index contributed by atoms with van der Waals surface area (Å²) < 4.78 is 7.66. The van der Waals surface area contributed by atoms with Crippen LogP contribution >= 0.6 is 9.69 Å². The summed E-state index contributed by atoms with van der Waals surface area (Å²) in [7, 11) is 5.72. The molecule has 2 heterocycles. The van der Waals surface area contributed by atoms with Gasteiger partial charge in [-0.25, -0.2) is 6.54 Å². The van der Waals surface area contributed by atoms with Gasteiger partial charge in [0, 0.05) is 11.2 Å². The van der Waals surface area contributed by atoms with Crippen LogP contribution in [0.4, 0.5) is 5.69 Å². The molecule has 2 saturated heterocycles. The SMILES string of the molecule is CC(C)Oc1ccccc1[CH]=[Ru][Cl].CC(C)c1cccc(C(C)C)c1N1[CH-]C2(C)CCC1(C)C[C@H]2C. The van der Waals surface area contributed by atoms with Gasteiger partial charge in [0.15, 0.2) is 0 Å². The molecule has 2 bridgehead atoms. The molecule has 0 spiro atoms. The van der Waals surface area contributed by atoms with Gasteiger partial charge < -0.3 is 4.90 Å². The summed E-state index contributed by atoms with van der Waals surface area (Å²) in [6, 6.07) is 14.9. The first-order valence-corrected chi connectivity index (χ1v) is 16.7. The Morgan fingerprint density at radius 3 is 2.11 bits per heavy atom. The molecule has 2 aromatic rings. The summed E-state index contributed by atoms with van der Waals surface area (Å²) in [5.74, 6) is 2.83. The van der Waals surface area contributed by atoms with Crippen molar-refractivity contribution in [1.29, 1.82) is 0 Å². The van der Waals surface area contributed by atoms with E-state index in [9.17, 15) is 0 Å². The van der Waals surface area contributed by atoms with Crippen molar-refractivity contribution in [2.24, 2.45) is 11.3 Å². The predicted octanol–water partition coefficient (Wildman–Crippen LogP) is 9.36. The van der Waals surface area contributed by atoms with Crippen LogP contribution in [0.15, 0.2) is 42.5 Å². The number of nitrogens with zero attached hydrogens (tertiary/aromatic N) is 1. The fourth-order valence-corrected chi connectivity index (χ4v) is 6.84. The number of piperidine rings is 2. The van der Waals surface area contributed by atoms with Gasteiger partial charge in [0.1, 0.15) is 0 Å². The number of rotatable bonds is 6. The molecule has 201 valence electrons. The van der Waals surface area contributed by atoms with E-state index in [0.717, 1.165) is 17.2 Å². The van der Waals surface area contributed by atoms with Gasteiger partial charge in [0.2, 0.25) is 0 Å². The Morgan fingerprint density at radius 1 is 0.972 bits per heavy atom. The summed E-state index contributed by atoms with van der Waals surface area (Å²) in [5, 5.41) is 0. The molecule has 1 saturated carbocycles. The molecule has 2 unspecified atom stereocenters. The summed E-state index contributed by atoms with van der Waals surface area (Å²) >= 11 is -0.191. The number of halogens is 1. The van der Waals surface area contributed by atoms with Gasteiger partial charge in [-0.3, -0.25) is 0 Å². The first-order valence-electron chi connectivity index (χ1n) is 13.5. The third-order valence-electron chi connectivity index (χ3n) is 8.09. The zero-order chi connectivity index (χ0) is 26.7. The average molecular weight is 597 g/mol. The molecule has 0 N–H and O–H groups in total. The number of hydrogen-bond donors (Lipinski definition) is 0. The summed E-state index contributed by atoms with van der Waals surface area (Å²) in [5.41, 5.74) is 6.28.